The second kappa shape index (κ2) is 26.4. The Balaban J connectivity index is 2.17. The first-order chi connectivity index (χ1) is 22.2. The van der Waals surface area contributed by atoms with Crippen LogP contribution < -0.4 is 14.6 Å². The third-order valence-electron chi connectivity index (χ3n) is 7.76. The molecule has 0 aliphatic rings. The van der Waals surface area contributed by atoms with Gasteiger partial charge in [0.15, 0.2) is 6.54 Å². The van der Waals surface area contributed by atoms with E-state index in [-0.39, 0.29) is 19.8 Å². The van der Waals surface area contributed by atoms with Crippen molar-refractivity contribution >= 4 is 35.4 Å². The molecule has 46 heavy (non-hydrogen) atoms. The molecule has 1 unspecified atom stereocenters. The van der Waals surface area contributed by atoms with Gasteiger partial charge in [0, 0.05) is 27.5 Å². The molecule has 1 atom stereocenters. The Kier molecular flexibility index (Phi) is 23.7. The number of hydrogen-bond donors (Lipinski definition) is 1. The van der Waals surface area contributed by atoms with Gasteiger partial charge in [0.25, 0.3) is 0 Å². The minimum absolute atomic E-state index is 0.0598. The molecule has 1 aromatic heterocycles. The molecule has 1 heterocycles. The second-order valence-corrected chi connectivity index (χ2v) is 12.5. The number of unbranched alkanes of at least 4 members (excludes halogenated alkanes) is 15. The molecule has 0 saturated heterocycles. The number of thiazole rings is 1. The van der Waals surface area contributed by atoms with E-state index in [1.165, 1.54) is 122 Å². The standard InChI is InChI=1S/C34H59N3O8S/c1-6-8-9-10-11-12-13-14-15-16-17-18-19-20-21-22-23-35-32(40)43-25-31(42-5)26-44-33(41)37(28(3)38)24-30-27-46-34(36(30)7-2)45-29(4)39/h27,31H,6-26H2,1-5H3/p+1. The van der Waals surface area contributed by atoms with Crippen molar-refractivity contribution in [2.45, 2.75) is 150 Å². The first-order valence-electron chi connectivity index (χ1n) is 17.3. The molecule has 1 aromatic rings. The zero-order chi connectivity index (χ0) is 34.0. The van der Waals surface area contributed by atoms with Gasteiger partial charge in [0.05, 0.1) is 5.38 Å². The molecule has 12 heteroatoms. The lowest BCUT2D eigenvalue weighted by atomic mass is 10.0. The Morgan fingerprint density at radius 2 is 1.33 bits per heavy atom. The van der Waals surface area contributed by atoms with Gasteiger partial charge in [0.1, 0.15) is 25.9 Å². The molecule has 11 nitrogen and oxygen atoms in total. The van der Waals surface area contributed by atoms with E-state index in [4.69, 9.17) is 18.9 Å². The van der Waals surface area contributed by atoms with Gasteiger partial charge in [-0.1, -0.05) is 103 Å². The van der Waals surface area contributed by atoms with Crippen molar-refractivity contribution in [2.24, 2.45) is 0 Å². The average molecular weight is 671 g/mol. The number of aromatic nitrogens is 1. The van der Waals surface area contributed by atoms with E-state index in [9.17, 15) is 19.2 Å². The quantitative estimate of drug-likeness (QED) is 0.0612. The summed E-state index contributed by atoms with van der Waals surface area (Å²) in [5.74, 6) is -0.966. The molecule has 264 valence electrons. The molecule has 0 aliphatic heterocycles. The van der Waals surface area contributed by atoms with Gasteiger partial charge >= 0.3 is 23.3 Å². The van der Waals surface area contributed by atoms with E-state index >= 15 is 0 Å². The topological polar surface area (TPSA) is 124 Å². The van der Waals surface area contributed by atoms with Gasteiger partial charge in [-0.05, 0) is 24.7 Å². The van der Waals surface area contributed by atoms with Crippen LogP contribution >= 0.6 is 11.3 Å². The van der Waals surface area contributed by atoms with Crippen LogP contribution in [0.4, 0.5) is 9.59 Å². The lowest BCUT2D eigenvalue weighted by Crippen LogP contribution is -2.43. The van der Waals surface area contributed by atoms with Gasteiger partial charge < -0.3 is 24.3 Å². The van der Waals surface area contributed by atoms with Crippen molar-refractivity contribution in [3.8, 4) is 5.19 Å². The number of carbonyl (C=O) groups excluding carboxylic acids is 4. The summed E-state index contributed by atoms with van der Waals surface area (Å²) >= 11 is 1.20. The third kappa shape index (κ3) is 19.1. The molecule has 1 N–H and O–H groups in total. The summed E-state index contributed by atoms with van der Waals surface area (Å²) in [6.45, 7) is 7.33. The number of ether oxygens (including phenoxy) is 4. The highest BCUT2D eigenvalue weighted by Crippen LogP contribution is 2.18. The zero-order valence-electron chi connectivity index (χ0n) is 29.1. The fourth-order valence-corrected chi connectivity index (χ4v) is 5.97. The first-order valence-corrected chi connectivity index (χ1v) is 18.2. The Morgan fingerprint density at radius 3 is 1.80 bits per heavy atom. The Bertz CT molecular complexity index is 1000. The number of carbonyl (C=O) groups is 4. The number of rotatable bonds is 26. The smallest absolute Gasteiger partial charge is 0.438 e. The number of amides is 3. The predicted molar refractivity (Wildman–Crippen MR) is 179 cm³/mol. The van der Waals surface area contributed by atoms with Crippen molar-refractivity contribution in [3.63, 3.8) is 0 Å². The number of hydrogen-bond acceptors (Lipinski definition) is 9. The average Bonchev–Trinajstić information content (AvgIpc) is 3.41. The van der Waals surface area contributed by atoms with Crippen LogP contribution in [0.2, 0.25) is 0 Å². The summed E-state index contributed by atoms with van der Waals surface area (Å²) in [5, 5.41) is 4.84. The van der Waals surface area contributed by atoms with Gasteiger partial charge in [-0.25, -0.2) is 14.5 Å². The van der Waals surface area contributed by atoms with Gasteiger partial charge in [-0.2, -0.15) is 4.57 Å². The molecular formula is C34H60N3O8S+. The highest BCUT2D eigenvalue weighted by Gasteiger charge is 2.29. The van der Waals surface area contributed by atoms with Crippen LogP contribution in [0.5, 0.6) is 5.19 Å². The number of imide groups is 1. The maximum absolute atomic E-state index is 12.7. The molecule has 0 saturated carbocycles. The van der Waals surface area contributed by atoms with Crippen LogP contribution in [0.3, 0.4) is 0 Å². The van der Waals surface area contributed by atoms with Crippen LogP contribution in [-0.2, 0) is 36.9 Å². The lowest BCUT2D eigenvalue weighted by molar-refractivity contribution is -0.699. The fraction of sp³-hybridized carbons (Fsp3) is 0.794. The van der Waals surface area contributed by atoms with Gasteiger partial charge in [-0.3, -0.25) is 9.59 Å². The fourth-order valence-electron chi connectivity index (χ4n) is 5.00. The van der Waals surface area contributed by atoms with Crippen molar-refractivity contribution in [1.82, 2.24) is 10.2 Å². The zero-order valence-corrected chi connectivity index (χ0v) is 29.9. The number of esters is 1. The largest absolute Gasteiger partial charge is 0.447 e. The van der Waals surface area contributed by atoms with Crippen molar-refractivity contribution in [3.05, 3.63) is 11.1 Å². The number of alkyl carbamates (subject to hydrolysis) is 1. The number of methoxy groups -OCH3 is 1. The maximum Gasteiger partial charge on any atom is 0.438 e. The molecule has 0 aliphatic carbocycles. The highest BCUT2D eigenvalue weighted by molar-refractivity contribution is 7.11. The number of nitrogens with zero attached hydrogens (tertiary/aromatic N) is 2. The molecule has 0 radical (unpaired) electrons. The van der Waals surface area contributed by atoms with E-state index in [1.54, 1.807) is 9.95 Å². The maximum atomic E-state index is 12.7. The normalized spacial score (nSPS) is 11.6. The summed E-state index contributed by atoms with van der Waals surface area (Å²) in [6, 6.07) is 0. The summed E-state index contributed by atoms with van der Waals surface area (Å²) in [7, 11) is 1.42. The molecule has 0 aromatic carbocycles. The summed E-state index contributed by atoms with van der Waals surface area (Å²) in [4.78, 5) is 49.4. The number of nitrogens with one attached hydrogen (secondary N) is 1. The molecule has 0 bridgehead atoms. The van der Waals surface area contributed by atoms with Gasteiger partial charge in [0.2, 0.25) is 11.6 Å². The highest BCUT2D eigenvalue weighted by atomic mass is 32.1. The first kappa shape index (κ1) is 41.3. The molecule has 0 fully saturated rings. The van der Waals surface area contributed by atoms with Crippen LogP contribution in [0, 0.1) is 0 Å². The van der Waals surface area contributed by atoms with Crippen LogP contribution in [0.1, 0.15) is 136 Å². The molecular weight excluding hydrogens is 610 g/mol. The minimum atomic E-state index is -0.856. The van der Waals surface area contributed by atoms with E-state index in [0.717, 1.165) is 17.7 Å². The minimum Gasteiger partial charge on any atom is -0.447 e. The Hall–Kier alpha value is -2.73. The van der Waals surface area contributed by atoms with E-state index < -0.39 is 30.2 Å². The lowest BCUT2D eigenvalue weighted by Gasteiger charge is -2.20. The third-order valence-corrected chi connectivity index (χ3v) is 8.65. The van der Waals surface area contributed by atoms with Crippen LogP contribution in [0.15, 0.2) is 5.38 Å². The Labute approximate surface area is 280 Å². The summed E-state index contributed by atoms with van der Waals surface area (Å²) in [5.41, 5.74) is 0.614. The van der Waals surface area contributed by atoms with Gasteiger partial charge in [-0.15, -0.1) is 0 Å². The van der Waals surface area contributed by atoms with E-state index in [1.807, 2.05) is 6.92 Å². The van der Waals surface area contributed by atoms with Crippen molar-refractivity contribution in [2.75, 3.05) is 26.9 Å². The molecule has 1 rings (SSSR count). The van der Waals surface area contributed by atoms with Crippen LogP contribution in [-0.4, -0.2) is 61.9 Å². The molecule has 0 spiro atoms. The SMILES string of the molecule is CCCCCCCCCCCCCCCCCCNC(=O)OCC(COC(=O)N(Cc1csc(OC(C)=O)[n+]1CC)C(C)=O)OC. The van der Waals surface area contributed by atoms with Crippen LogP contribution in [0.25, 0.3) is 0 Å². The Morgan fingerprint density at radius 1 is 0.804 bits per heavy atom. The predicted octanol–water partition coefficient (Wildman–Crippen LogP) is 7.47. The van der Waals surface area contributed by atoms with Crippen molar-refractivity contribution < 1.29 is 42.7 Å². The van der Waals surface area contributed by atoms with Crippen molar-refractivity contribution in [1.29, 1.82) is 0 Å². The van der Waals surface area contributed by atoms with E-state index in [0.29, 0.717) is 24.0 Å². The molecule has 3 amide bonds. The monoisotopic (exact) mass is 670 g/mol. The summed E-state index contributed by atoms with van der Waals surface area (Å²) < 4.78 is 22.7. The second-order valence-electron chi connectivity index (χ2n) is 11.7. The van der Waals surface area contributed by atoms with E-state index in [2.05, 4.69) is 12.2 Å². The summed E-state index contributed by atoms with van der Waals surface area (Å²) in [6.07, 6.45) is 18.6.